The Labute approximate surface area is 229 Å². The highest BCUT2D eigenvalue weighted by molar-refractivity contribution is 5.78. The molecule has 2 rings (SSSR count). The summed E-state index contributed by atoms with van der Waals surface area (Å²) in [6.07, 6.45) is 26.8. The van der Waals surface area contributed by atoms with E-state index in [0.29, 0.717) is 5.78 Å². The van der Waals surface area contributed by atoms with Crippen LogP contribution < -0.4 is 0 Å². The van der Waals surface area contributed by atoms with Crippen molar-refractivity contribution in [3.8, 4) is 0 Å². The van der Waals surface area contributed by atoms with Gasteiger partial charge in [-0.1, -0.05) is 139 Å². The maximum absolute atomic E-state index is 12.3. The van der Waals surface area contributed by atoms with Gasteiger partial charge in [0.15, 0.2) is 0 Å². The molecule has 0 N–H and O–H groups in total. The molecule has 0 spiro atoms. The summed E-state index contributed by atoms with van der Waals surface area (Å²) < 4.78 is 0. The third-order valence-electron chi connectivity index (χ3n) is 7.67. The van der Waals surface area contributed by atoms with E-state index in [1.807, 2.05) is 0 Å². The quantitative estimate of drug-likeness (QED) is 0.122. The van der Waals surface area contributed by atoms with Crippen molar-refractivity contribution in [2.75, 3.05) is 0 Å². The number of rotatable bonds is 21. The fourth-order valence-electron chi connectivity index (χ4n) is 5.24. The first kappa shape index (κ1) is 31.1. The Morgan fingerprint density at radius 2 is 1.14 bits per heavy atom. The summed E-state index contributed by atoms with van der Waals surface area (Å²) in [6, 6.07) is 15.3. The van der Waals surface area contributed by atoms with Crippen molar-refractivity contribution < 1.29 is 4.79 Å². The van der Waals surface area contributed by atoms with Crippen LogP contribution in [-0.2, 0) is 11.2 Å². The van der Waals surface area contributed by atoms with Crippen LogP contribution in [0.1, 0.15) is 144 Å². The topological polar surface area (TPSA) is 17.1 Å². The molecular weight excluding hydrogens is 448 g/mol. The van der Waals surface area contributed by atoms with Crippen LogP contribution in [0.3, 0.4) is 0 Å². The Hall–Kier alpha value is -2.15. The Bertz CT molecular complexity index is 886. The molecule has 0 aliphatic heterocycles. The number of aryl methyl sites for hydroxylation is 3. The van der Waals surface area contributed by atoms with E-state index in [0.717, 1.165) is 38.5 Å². The maximum Gasteiger partial charge on any atom is 0.132 e. The van der Waals surface area contributed by atoms with Crippen molar-refractivity contribution in [3.63, 3.8) is 0 Å². The molecule has 204 valence electrons. The molecule has 1 nitrogen and oxygen atoms in total. The number of carbonyl (C=O) groups excluding carboxylic acids is 1. The lowest BCUT2D eigenvalue weighted by molar-refractivity contribution is -0.119. The van der Waals surface area contributed by atoms with Crippen LogP contribution >= 0.6 is 0 Å². The molecule has 0 aromatic heterocycles. The van der Waals surface area contributed by atoms with Gasteiger partial charge in [-0.05, 0) is 67.3 Å². The number of hydrogen-bond donors (Lipinski definition) is 0. The molecule has 2 aromatic carbocycles. The van der Waals surface area contributed by atoms with Crippen LogP contribution in [0.25, 0.3) is 12.2 Å². The van der Waals surface area contributed by atoms with E-state index in [4.69, 9.17) is 0 Å². The lowest BCUT2D eigenvalue weighted by Gasteiger charge is -2.06. The van der Waals surface area contributed by atoms with Crippen molar-refractivity contribution >= 4 is 17.9 Å². The third-order valence-corrected chi connectivity index (χ3v) is 7.67. The molecule has 0 radical (unpaired) electrons. The van der Waals surface area contributed by atoms with Gasteiger partial charge in [0.25, 0.3) is 0 Å². The molecule has 0 unspecified atom stereocenters. The predicted octanol–water partition coefficient (Wildman–Crippen LogP) is 11.2. The first-order valence-electron chi connectivity index (χ1n) is 15.4. The second kappa shape index (κ2) is 19.9. The minimum Gasteiger partial charge on any atom is -0.300 e. The van der Waals surface area contributed by atoms with E-state index in [1.165, 1.54) is 105 Å². The zero-order valence-electron chi connectivity index (χ0n) is 24.3. The Morgan fingerprint density at radius 1 is 0.622 bits per heavy atom. The lowest BCUT2D eigenvalue weighted by Crippen LogP contribution is -1.98. The summed E-state index contributed by atoms with van der Waals surface area (Å²) >= 11 is 0. The molecule has 0 aliphatic rings. The van der Waals surface area contributed by atoms with Gasteiger partial charge in [0.2, 0.25) is 0 Å². The van der Waals surface area contributed by atoms with Crippen molar-refractivity contribution in [3.05, 3.63) is 70.3 Å². The second-order valence-electron chi connectivity index (χ2n) is 11.1. The van der Waals surface area contributed by atoms with Crippen molar-refractivity contribution in [1.82, 2.24) is 0 Å². The van der Waals surface area contributed by atoms with Crippen LogP contribution in [0.4, 0.5) is 0 Å². The zero-order chi connectivity index (χ0) is 26.6. The highest BCUT2D eigenvalue weighted by atomic mass is 16.1. The second-order valence-corrected chi connectivity index (χ2v) is 11.1. The summed E-state index contributed by atoms with van der Waals surface area (Å²) in [4.78, 5) is 12.3. The molecule has 0 saturated heterocycles. The minimum absolute atomic E-state index is 0.466. The summed E-state index contributed by atoms with van der Waals surface area (Å²) in [5, 5.41) is 0. The lowest BCUT2D eigenvalue weighted by atomic mass is 10.00. The average molecular weight is 503 g/mol. The normalized spacial score (nSPS) is 11.4. The van der Waals surface area contributed by atoms with Gasteiger partial charge in [-0.15, -0.1) is 0 Å². The summed E-state index contributed by atoms with van der Waals surface area (Å²) in [5.74, 6) is 0.466. The number of hydrogen-bond acceptors (Lipinski definition) is 1. The summed E-state index contributed by atoms with van der Waals surface area (Å²) in [7, 11) is 0. The maximum atomic E-state index is 12.3. The Balaban J connectivity index is 1.49. The van der Waals surface area contributed by atoms with Gasteiger partial charge in [0, 0.05) is 12.8 Å². The van der Waals surface area contributed by atoms with E-state index >= 15 is 0 Å². The molecule has 1 heteroatoms. The minimum atomic E-state index is 0.466. The molecular formula is C36H54O. The highest BCUT2D eigenvalue weighted by Crippen LogP contribution is 2.18. The fraction of sp³-hybridized carbons (Fsp3) is 0.583. The first-order valence-corrected chi connectivity index (χ1v) is 15.4. The number of unbranched alkanes of at least 4 members (excludes halogenated alkanes) is 13. The van der Waals surface area contributed by atoms with E-state index < -0.39 is 0 Å². The van der Waals surface area contributed by atoms with Crippen molar-refractivity contribution in [1.29, 1.82) is 0 Å². The molecule has 2 aromatic rings. The molecule has 37 heavy (non-hydrogen) atoms. The van der Waals surface area contributed by atoms with E-state index in [1.54, 1.807) is 0 Å². The highest BCUT2D eigenvalue weighted by Gasteiger charge is 2.03. The largest absolute Gasteiger partial charge is 0.300 e. The number of benzene rings is 2. The summed E-state index contributed by atoms with van der Waals surface area (Å²) in [6.45, 7) is 6.62. The fourth-order valence-corrected chi connectivity index (χ4v) is 5.24. The van der Waals surface area contributed by atoms with Gasteiger partial charge < -0.3 is 0 Å². The third kappa shape index (κ3) is 14.4. The molecule has 0 fully saturated rings. The first-order chi connectivity index (χ1) is 18.1. The van der Waals surface area contributed by atoms with Gasteiger partial charge in [-0.3, -0.25) is 4.79 Å². The zero-order valence-corrected chi connectivity index (χ0v) is 24.3. The molecule has 0 saturated carbocycles. The van der Waals surface area contributed by atoms with Gasteiger partial charge in [0.1, 0.15) is 5.78 Å². The monoisotopic (exact) mass is 502 g/mol. The molecule has 0 bridgehead atoms. The Morgan fingerprint density at radius 3 is 1.73 bits per heavy atom. The van der Waals surface area contributed by atoms with Gasteiger partial charge in [-0.25, -0.2) is 0 Å². The predicted molar refractivity (Wildman–Crippen MR) is 164 cm³/mol. The van der Waals surface area contributed by atoms with E-state index in [9.17, 15) is 4.79 Å². The van der Waals surface area contributed by atoms with E-state index in [-0.39, 0.29) is 0 Å². The smallest absolute Gasteiger partial charge is 0.132 e. The Kier molecular flexibility index (Phi) is 16.7. The van der Waals surface area contributed by atoms with E-state index in [2.05, 4.69) is 75.4 Å². The molecule has 0 aliphatic carbocycles. The van der Waals surface area contributed by atoms with Crippen molar-refractivity contribution in [2.24, 2.45) is 0 Å². The standard InChI is InChI=1S/C36H54O/c1-4-5-6-7-8-9-10-11-12-13-14-15-16-26-35(37)27-18-17-23-33-24-20-25-34(30-33)28-29-36-31(2)21-19-22-32(36)3/h19-22,24-25,28-30H,4-18,23,26-27H2,1-3H3. The van der Waals surface area contributed by atoms with Gasteiger partial charge in [0.05, 0.1) is 0 Å². The van der Waals surface area contributed by atoms with Gasteiger partial charge in [-0.2, -0.15) is 0 Å². The van der Waals surface area contributed by atoms with Crippen LogP contribution in [-0.4, -0.2) is 5.78 Å². The number of carbonyl (C=O) groups is 1. The van der Waals surface area contributed by atoms with Gasteiger partial charge >= 0.3 is 0 Å². The van der Waals surface area contributed by atoms with Crippen LogP contribution in [0.5, 0.6) is 0 Å². The average Bonchev–Trinajstić information content (AvgIpc) is 2.89. The summed E-state index contributed by atoms with van der Waals surface area (Å²) in [5.41, 5.74) is 6.56. The number of Topliss-reactive ketones (excluding diaryl/α,β-unsaturated/α-hetero) is 1. The molecule has 0 heterocycles. The molecule has 0 amide bonds. The van der Waals surface area contributed by atoms with Crippen LogP contribution in [0.2, 0.25) is 0 Å². The molecule has 0 atom stereocenters. The SMILES string of the molecule is CCCCCCCCCCCCCCCC(=O)CCCCc1cccc(C=Cc2c(C)cccc2C)c1. The van der Waals surface area contributed by atoms with Crippen molar-refractivity contribution in [2.45, 2.75) is 136 Å². The van der Waals surface area contributed by atoms with Crippen LogP contribution in [0, 0.1) is 13.8 Å². The van der Waals surface area contributed by atoms with Crippen LogP contribution in [0.15, 0.2) is 42.5 Å². The number of ketones is 1.